The van der Waals surface area contributed by atoms with Crippen molar-refractivity contribution in [3.8, 4) is 0 Å². The SMILES string of the molecule is CCCCC(CC)COCC(CN1CCc2ccccc2C1)OS(=O)(=O)O. The van der Waals surface area contributed by atoms with Crippen molar-refractivity contribution >= 4 is 10.4 Å². The molecule has 0 spiro atoms. The van der Waals surface area contributed by atoms with E-state index < -0.39 is 16.5 Å². The molecule has 1 aliphatic rings. The molecule has 0 aromatic heterocycles. The van der Waals surface area contributed by atoms with Crippen LogP contribution in [0.3, 0.4) is 0 Å². The van der Waals surface area contributed by atoms with Crippen molar-refractivity contribution in [1.82, 2.24) is 4.90 Å². The summed E-state index contributed by atoms with van der Waals surface area (Å²) in [6, 6.07) is 8.27. The predicted molar refractivity (Wildman–Crippen MR) is 106 cm³/mol. The van der Waals surface area contributed by atoms with Crippen LogP contribution in [0.15, 0.2) is 24.3 Å². The number of hydrogen-bond donors (Lipinski definition) is 1. The molecule has 1 aromatic rings. The second-order valence-electron chi connectivity index (χ2n) is 7.35. The van der Waals surface area contributed by atoms with Crippen molar-refractivity contribution in [2.75, 3.05) is 26.3 Å². The first-order chi connectivity index (χ1) is 12.9. The molecular formula is C20H33NO5S. The molecule has 0 bridgehead atoms. The van der Waals surface area contributed by atoms with E-state index in [2.05, 4.69) is 30.9 Å². The molecular weight excluding hydrogens is 366 g/mol. The zero-order valence-electron chi connectivity index (χ0n) is 16.5. The molecule has 0 saturated carbocycles. The number of benzene rings is 1. The van der Waals surface area contributed by atoms with Gasteiger partial charge in [0.25, 0.3) is 0 Å². The second kappa shape index (κ2) is 11.1. The van der Waals surface area contributed by atoms with Gasteiger partial charge >= 0.3 is 10.4 Å². The van der Waals surface area contributed by atoms with E-state index in [-0.39, 0.29) is 6.61 Å². The molecule has 7 heteroatoms. The molecule has 1 aromatic carbocycles. The Morgan fingerprint density at radius 1 is 1.19 bits per heavy atom. The molecule has 154 valence electrons. The zero-order chi connectivity index (χ0) is 19.7. The molecule has 1 aliphatic heterocycles. The largest absolute Gasteiger partial charge is 0.397 e. The van der Waals surface area contributed by atoms with Crippen LogP contribution >= 0.6 is 0 Å². The Kier molecular flexibility index (Phi) is 9.18. The molecule has 0 aliphatic carbocycles. The first-order valence-corrected chi connectivity index (χ1v) is 11.3. The minimum Gasteiger partial charge on any atom is -0.378 e. The van der Waals surface area contributed by atoms with Gasteiger partial charge in [-0.25, -0.2) is 4.18 Å². The number of fused-ring (bicyclic) bond motifs is 1. The number of unbranched alkanes of at least 4 members (excludes halogenated alkanes) is 1. The highest BCUT2D eigenvalue weighted by atomic mass is 32.3. The predicted octanol–water partition coefficient (Wildman–Crippen LogP) is 3.47. The minimum absolute atomic E-state index is 0.153. The van der Waals surface area contributed by atoms with Crippen LogP contribution in [0.4, 0.5) is 0 Å². The van der Waals surface area contributed by atoms with Gasteiger partial charge in [-0.15, -0.1) is 0 Å². The van der Waals surface area contributed by atoms with Crippen LogP contribution in [0.2, 0.25) is 0 Å². The number of rotatable bonds is 12. The van der Waals surface area contributed by atoms with Crippen molar-refractivity contribution in [2.45, 2.75) is 58.6 Å². The molecule has 2 atom stereocenters. The smallest absolute Gasteiger partial charge is 0.378 e. The highest BCUT2D eigenvalue weighted by Crippen LogP contribution is 2.19. The lowest BCUT2D eigenvalue weighted by atomic mass is 10.00. The maximum absolute atomic E-state index is 11.2. The Bertz CT molecular complexity index is 664. The Labute approximate surface area is 163 Å². The number of nitrogens with zero attached hydrogens (tertiary/aromatic N) is 1. The van der Waals surface area contributed by atoms with Crippen molar-refractivity contribution in [1.29, 1.82) is 0 Å². The summed E-state index contributed by atoms with van der Waals surface area (Å²) in [6.07, 6.45) is 4.67. The quantitative estimate of drug-likeness (QED) is 0.543. The molecule has 2 rings (SSSR count). The van der Waals surface area contributed by atoms with Gasteiger partial charge in [-0.2, -0.15) is 8.42 Å². The maximum atomic E-state index is 11.2. The molecule has 27 heavy (non-hydrogen) atoms. The summed E-state index contributed by atoms with van der Waals surface area (Å²) in [6.45, 7) is 7.03. The fraction of sp³-hybridized carbons (Fsp3) is 0.700. The Morgan fingerprint density at radius 3 is 2.59 bits per heavy atom. The van der Waals surface area contributed by atoms with Crippen molar-refractivity contribution in [3.63, 3.8) is 0 Å². The third-order valence-corrected chi connectivity index (χ3v) is 5.65. The lowest BCUT2D eigenvalue weighted by Crippen LogP contribution is -2.40. The van der Waals surface area contributed by atoms with E-state index in [1.165, 1.54) is 17.5 Å². The topological polar surface area (TPSA) is 76.1 Å². The van der Waals surface area contributed by atoms with Crippen LogP contribution in [-0.4, -0.2) is 50.3 Å². The van der Waals surface area contributed by atoms with Crippen molar-refractivity contribution in [2.24, 2.45) is 5.92 Å². The van der Waals surface area contributed by atoms with Gasteiger partial charge in [-0.3, -0.25) is 9.45 Å². The second-order valence-corrected chi connectivity index (χ2v) is 8.40. The summed E-state index contributed by atoms with van der Waals surface area (Å²) in [5, 5.41) is 0. The molecule has 1 N–H and O–H groups in total. The van der Waals surface area contributed by atoms with Gasteiger partial charge in [0.2, 0.25) is 0 Å². The molecule has 0 amide bonds. The van der Waals surface area contributed by atoms with Gasteiger partial charge in [-0.05, 0) is 29.9 Å². The molecule has 0 saturated heterocycles. The number of ether oxygens (including phenoxy) is 1. The van der Waals surface area contributed by atoms with Crippen LogP contribution in [0.1, 0.15) is 50.7 Å². The average Bonchev–Trinajstić information content (AvgIpc) is 2.63. The average molecular weight is 400 g/mol. The highest BCUT2D eigenvalue weighted by Gasteiger charge is 2.24. The lowest BCUT2D eigenvalue weighted by Gasteiger charge is -2.31. The van der Waals surface area contributed by atoms with Crippen molar-refractivity contribution < 1.29 is 21.9 Å². The first kappa shape index (κ1) is 22.3. The summed E-state index contributed by atoms with van der Waals surface area (Å²) in [5.41, 5.74) is 2.58. The van der Waals surface area contributed by atoms with Gasteiger partial charge in [0.05, 0.1) is 6.61 Å². The Hall–Kier alpha value is -0.990. The van der Waals surface area contributed by atoms with E-state index in [1.807, 2.05) is 12.1 Å². The summed E-state index contributed by atoms with van der Waals surface area (Å²) in [7, 11) is -4.51. The van der Waals surface area contributed by atoms with E-state index in [0.717, 1.165) is 38.8 Å². The van der Waals surface area contributed by atoms with Crippen LogP contribution in [0.25, 0.3) is 0 Å². The Balaban J connectivity index is 1.88. The van der Waals surface area contributed by atoms with E-state index >= 15 is 0 Å². The zero-order valence-corrected chi connectivity index (χ0v) is 17.3. The normalized spacial score (nSPS) is 17.4. The fourth-order valence-corrected chi connectivity index (χ4v) is 4.01. The van der Waals surface area contributed by atoms with E-state index in [0.29, 0.717) is 19.1 Å². The summed E-state index contributed by atoms with van der Waals surface area (Å²) < 4.78 is 42.3. The van der Waals surface area contributed by atoms with E-state index in [1.54, 1.807) is 0 Å². The minimum atomic E-state index is -4.51. The van der Waals surface area contributed by atoms with Crippen LogP contribution in [0.5, 0.6) is 0 Å². The van der Waals surface area contributed by atoms with Crippen LogP contribution < -0.4 is 0 Å². The third kappa shape index (κ3) is 8.27. The summed E-state index contributed by atoms with van der Waals surface area (Å²) in [5.74, 6) is 0.471. The van der Waals surface area contributed by atoms with Crippen LogP contribution in [0, 0.1) is 5.92 Å². The summed E-state index contributed by atoms with van der Waals surface area (Å²) in [4.78, 5) is 2.15. The number of hydrogen-bond acceptors (Lipinski definition) is 5. The van der Waals surface area contributed by atoms with Gasteiger partial charge in [0.1, 0.15) is 6.10 Å². The molecule has 6 nitrogen and oxygen atoms in total. The van der Waals surface area contributed by atoms with E-state index in [4.69, 9.17) is 13.5 Å². The van der Waals surface area contributed by atoms with Crippen LogP contribution in [-0.2, 0) is 32.3 Å². The third-order valence-electron chi connectivity index (χ3n) is 5.13. The van der Waals surface area contributed by atoms with Gasteiger partial charge in [-0.1, -0.05) is 57.4 Å². The van der Waals surface area contributed by atoms with Gasteiger partial charge in [0.15, 0.2) is 0 Å². The highest BCUT2D eigenvalue weighted by molar-refractivity contribution is 7.80. The monoisotopic (exact) mass is 399 g/mol. The molecule has 0 fully saturated rings. The Morgan fingerprint density at radius 2 is 1.93 bits per heavy atom. The molecule has 0 radical (unpaired) electrons. The standard InChI is InChI=1S/C20H33NO5S/c1-3-5-8-17(4-2)15-25-16-20(26-27(22,23)24)14-21-12-11-18-9-6-7-10-19(18)13-21/h6-7,9-10,17,20H,3-5,8,11-16H2,1-2H3,(H,22,23,24). The fourth-order valence-electron chi connectivity index (χ4n) is 3.55. The van der Waals surface area contributed by atoms with Gasteiger partial charge < -0.3 is 4.74 Å². The molecule has 2 unspecified atom stereocenters. The molecule has 1 heterocycles. The lowest BCUT2D eigenvalue weighted by molar-refractivity contribution is 0.0108. The van der Waals surface area contributed by atoms with Gasteiger partial charge in [0, 0.05) is 26.2 Å². The van der Waals surface area contributed by atoms with Crippen molar-refractivity contribution in [3.05, 3.63) is 35.4 Å². The van der Waals surface area contributed by atoms with E-state index in [9.17, 15) is 8.42 Å². The maximum Gasteiger partial charge on any atom is 0.397 e. The first-order valence-electron chi connectivity index (χ1n) is 9.93. The summed E-state index contributed by atoms with van der Waals surface area (Å²) >= 11 is 0.